The molecular weight excluding hydrogens is 232 g/mol. The second-order valence-electron chi connectivity index (χ2n) is 5.78. The van der Waals surface area contributed by atoms with Crippen LogP contribution in [0.1, 0.15) is 44.6 Å². The highest BCUT2D eigenvalue weighted by Gasteiger charge is 2.16. The zero-order chi connectivity index (χ0) is 13.5. The van der Waals surface area contributed by atoms with Crippen molar-refractivity contribution in [1.82, 2.24) is 10.2 Å². The molecule has 106 valence electrons. The van der Waals surface area contributed by atoms with Crippen LogP contribution in [0.4, 0.5) is 0 Å². The number of nitrogens with zero attached hydrogens (tertiary/aromatic N) is 1. The molecule has 1 heterocycles. The van der Waals surface area contributed by atoms with Crippen molar-refractivity contribution in [2.24, 2.45) is 0 Å². The van der Waals surface area contributed by atoms with Crippen LogP contribution in [0, 0.1) is 0 Å². The first kappa shape index (κ1) is 14.5. The highest BCUT2D eigenvalue weighted by Crippen LogP contribution is 2.15. The van der Waals surface area contributed by atoms with Crippen molar-refractivity contribution in [1.29, 1.82) is 0 Å². The SMILES string of the molecule is CCN1CCCC(NCC(C)c2ccccc2)CC1. The van der Waals surface area contributed by atoms with Gasteiger partial charge in [-0.2, -0.15) is 0 Å². The van der Waals surface area contributed by atoms with Gasteiger partial charge in [0.05, 0.1) is 0 Å². The molecule has 0 aromatic heterocycles. The van der Waals surface area contributed by atoms with E-state index in [1.54, 1.807) is 0 Å². The van der Waals surface area contributed by atoms with E-state index in [-0.39, 0.29) is 0 Å². The van der Waals surface area contributed by atoms with Crippen molar-refractivity contribution in [3.63, 3.8) is 0 Å². The van der Waals surface area contributed by atoms with E-state index in [2.05, 4.69) is 54.4 Å². The van der Waals surface area contributed by atoms with E-state index in [0.717, 1.165) is 6.54 Å². The monoisotopic (exact) mass is 260 g/mol. The number of likely N-dealkylation sites (tertiary alicyclic amines) is 1. The molecule has 2 atom stereocenters. The third kappa shape index (κ3) is 4.63. The second-order valence-corrected chi connectivity index (χ2v) is 5.78. The molecule has 0 spiro atoms. The predicted molar refractivity (Wildman–Crippen MR) is 82.6 cm³/mol. The molecule has 1 aromatic carbocycles. The first-order chi connectivity index (χ1) is 9.29. The highest BCUT2D eigenvalue weighted by molar-refractivity contribution is 5.18. The lowest BCUT2D eigenvalue weighted by Gasteiger charge is -2.20. The van der Waals surface area contributed by atoms with Crippen molar-refractivity contribution < 1.29 is 0 Å². The molecule has 2 heteroatoms. The minimum Gasteiger partial charge on any atom is -0.313 e. The zero-order valence-electron chi connectivity index (χ0n) is 12.4. The summed E-state index contributed by atoms with van der Waals surface area (Å²) in [5.41, 5.74) is 1.44. The molecule has 0 aliphatic carbocycles. The Hall–Kier alpha value is -0.860. The van der Waals surface area contributed by atoms with Crippen LogP contribution in [0.25, 0.3) is 0 Å². The Morgan fingerprint density at radius 2 is 2.00 bits per heavy atom. The average molecular weight is 260 g/mol. The summed E-state index contributed by atoms with van der Waals surface area (Å²) in [5.74, 6) is 0.603. The van der Waals surface area contributed by atoms with Gasteiger partial charge in [-0.25, -0.2) is 0 Å². The Morgan fingerprint density at radius 1 is 1.21 bits per heavy atom. The van der Waals surface area contributed by atoms with Gasteiger partial charge in [0.25, 0.3) is 0 Å². The Bertz CT molecular complexity index is 350. The summed E-state index contributed by atoms with van der Waals surface area (Å²) in [6.45, 7) is 9.42. The van der Waals surface area contributed by atoms with Crippen LogP contribution < -0.4 is 5.32 Å². The molecule has 2 unspecified atom stereocenters. The van der Waals surface area contributed by atoms with Gasteiger partial charge >= 0.3 is 0 Å². The summed E-state index contributed by atoms with van der Waals surface area (Å²) in [4.78, 5) is 2.57. The number of rotatable bonds is 5. The Labute approximate surface area is 118 Å². The molecule has 0 amide bonds. The molecule has 1 saturated heterocycles. The maximum absolute atomic E-state index is 3.78. The van der Waals surface area contributed by atoms with Crippen LogP contribution in [0.15, 0.2) is 30.3 Å². The first-order valence-electron chi connectivity index (χ1n) is 7.80. The molecule has 0 bridgehead atoms. The fourth-order valence-corrected chi connectivity index (χ4v) is 2.92. The number of nitrogens with one attached hydrogen (secondary N) is 1. The molecule has 2 nitrogen and oxygen atoms in total. The van der Waals surface area contributed by atoms with Gasteiger partial charge in [0.1, 0.15) is 0 Å². The summed E-state index contributed by atoms with van der Waals surface area (Å²) in [6, 6.07) is 11.5. The number of hydrogen-bond acceptors (Lipinski definition) is 2. The van der Waals surface area contributed by atoms with Crippen LogP contribution >= 0.6 is 0 Å². The summed E-state index contributed by atoms with van der Waals surface area (Å²) < 4.78 is 0. The third-order valence-corrected chi connectivity index (χ3v) is 4.35. The van der Waals surface area contributed by atoms with E-state index < -0.39 is 0 Å². The highest BCUT2D eigenvalue weighted by atomic mass is 15.1. The van der Waals surface area contributed by atoms with Gasteiger partial charge in [0, 0.05) is 12.6 Å². The van der Waals surface area contributed by atoms with E-state index in [9.17, 15) is 0 Å². The molecule has 2 rings (SSSR count). The van der Waals surface area contributed by atoms with E-state index in [0.29, 0.717) is 12.0 Å². The van der Waals surface area contributed by atoms with Crippen LogP contribution in [0.5, 0.6) is 0 Å². The number of benzene rings is 1. The fourth-order valence-electron chi connectivity index (χ4n) is 2.92. The summed E-state index contributed by atoms with van der Waals surface area (Å²) in [6.07, 6.45) is 3.97. The van der Waals surface area contributed by atoms with Gasteiger partial charge in [-0.05, 0) is 50.4 Å². The van der Waals surface area contributed by atoms with Gasteiger partial charge in [0.15, 0.2) is 0 Å². The van der Waals surface area contributed by atoms with E-state index in [4.69, 9.17) is 0 Å². The Balaban J connectivity index is 1.76. The molecular formula is C17H28N2. The summed E-state index contributed by atoms with van der Waals surface area (Å²) >= 11 is 0. The second kappa shape index (κ2) is 7.66. The first-order valence-corrected chi connectivity index (χ1v) is 7.80. The lowest BCUT2D eigenvalue weighted by Crippen LogP contribution is -2.33. The third-order valence-electron chi connectivity index (χ3n) is 4.35. The molecule has 1 aromatic rings. The quantitative estimate of drug-likeness (QED) is 0.874. The molecule has 1 fully saturated rings. The molecule has 1 N–H and O–H groups in total. The van der Waals surface area contributed by atoms with Gasteiger partial charge < -0.3 is 10.2 Å². The largest absolute Gasteiger partial charge is 0.313 e. The minimum absolute atomic E-state index is 0.603. The van der Waals surface area contributed by atoms with Crippen LogP contribution in [0.3, 0.4) is 0 Å². The van der Waals surface area contributed by atoms with E-state index in [1.807, 2.05) is 0 Å². The lowest BCUT2D eigenvalue weighted by molar-refractivity contribution is 0.297. The maximum Gasteiger partial charge on any atom is 0.00799 e. The summed E-state index contributed by atoms with van der Waals surface area (Å²) in [5, 5.41) is 3.78. The predicted octanol–water partition coefficient (Wildman–Crippen LogP) is 3.25. The fraction of sp³-hybridized carbons (Fsp3) is 0.647. The Kier molecular flexibility index (Phi) is 5.87. The maximum atomic E-state index is 3.78. The van der Waals surface area contributed by atoms with Crippen molar-refractivity contribution in [3.05, 3.63) is 35.9 Å². The van der Waals surface area contributed by atoms with Crippen LogP contribution in [0.2, 0.25) is 0 Å². The van der Waals surface area contributed by atoms with Gasteiger partial charge in [-0.15, -0.1) is 0 Å². The summed E-state index contributed by atoms with van der Waals surface area (Å²) in [7, 11) is 0. The van der Waals surface area contributed by atoms with Crippen molar-refractivity contribution in [2.75, 3.05) is 26.2 Å². The van der Waals surface area contributed by atoms with Crippen LogP contribution in [-0.4, -0.2) is 37.1 Å². The topological polar surface area (TPSA) is 15.3 Å². The minimum atomic E-state index is 0.603. The average Bonchev–Trinajstić information content (AvgIpc) is 2.70. The van der Waals surface area contributed by atoms with Gasteiger partial charge in [-0.3, -0.25) is 0 Å². The molecule has 1 aliphatic rings. The van der Waals surface area contributed by atoms with E-state index in [1.165, 1.54) is 44.5 Å². The lowest BCUT2D eigenvalue weighted by atomic mass is 10.0. The number of hydrogen-bond donors (Lipinski definition) is 1. The van der Waals surface area contributed by atoms with Crippen molar-refractivity contribution in [3.8, 4) is 0 Å². The van der Waals surface area contributed by atoms with Crippen molar-refractivity contribution in [2.45, 2.75) is 45.1 Å². The van der Waals surface area contributed by atoms with Crippen molar-refractivity contribution >= 4 is 0 Å². The Morgan fingerprint density at radius 3 is 2.74 bits per heavy atom. The molecule has 1 aliphatic heterocycles. The molecule has 0 radical (unpaired) electrons. The zero-order valence-corrected chi connectivity index (χ0v) is 12.4. The molecule has 0 saturated carbocycles. The molecule has 19 heavy (non-hydrogen) atoms. The van der Waals surface area contributed by atoms with E-state index >= 15 is 0 Å². The normalized spacial score (nSPS) is 22.9. The van der Waals surface area contributed by atoms with Gasteiger partial charge in [-0.1, -0.05) is 44.2 Å². The smallest absolute Gasteiger partial charge is 0.00799 e. The standard InChI is InChI=1S/C17H28N2/c1-3-19-12-7-10-17(11-13-19)18-14-15(2)16-8-5-4-6-9-16/h4-6,8-9,15,17-18H,3,7,10-14H2,1-2H3. The van der Waals surface area contributed by atoms with Crippen LogP contribution in [-0.2, 0) is 0 Å². The van der Waals surface area contributed by atoms with Gasteiger partial charge in [0.2, 0.25) is 0 Å².